The second-order valence-electron chi connectivity index (χ2n) is 7.44. The molecule has 0 fully saturated rings. The van der Waals surface area contributed by atoms with E-state index >= 15 is 0 Å². The molecule has 3 aromatic rings. The van der Waals surface area contributed by atoms with Gasteiger partial charge in [0.2, 0.25) is 0 Å². The molecule has 29 heavy (non-hydrogen) atoms. The van der Waals surface area contributed by atoms with Gasteiger partial charge in [-0.25, -0.2) is 0 Å². The highest BCUT2D eigenvalue weighted by molar-refractivity contribution is 6.06. The second kappa shape index (κ2) is 9.20. The number of carbonyl (C=O) groups is 2. The van der Waals surface area contributed by atoms with Crippen LogP contribution < -0.4 is 11.1 Å². The predicted molar refractivity (Wildman–Crippen MR) is 119 cm³/mol. The Labute approximate surface area is 171 Å². The van der Waals surface area contributed by atoms with Crippen LogP contribution in [0, 0.1) is 5.92 Å². The molecular weight excluding hydrogens is 360 g/mol. The van der Waals surface area contributed by atoms with Crippen molar-refractivity contribution in [2.45, 2.75) is 26.7 Å². The highest BCUT2D eigenvalue weighted by Crippen LogP contribution is 2.27. The van der Waals surface area contributed by atoms with Gasteiger partial charge < -0.3 is 11.1 Å². The van der Waals surface area contributed by atoms with Crippen LogP contribution in [0.1, 0.15) is 36.2 Å². The fourth-order valence-corrected chi connectivity index (χ4v) is 3.05. The van der Waals surface area contributed by atoms with Crippen LogP contribution in [-0.4, -0.2) is 11.7 Å². The average molecular weight is 386 g/mol. The number of Topliss-reactive ketones (excluding diaryl/α,β-unsaturated/α-hetero) is 1. The van der Waals surface area contributed by atoms with Crippen LogP contribution in [0.4, 0.5) is 11.4 Å². The molecule has 3 N–H and O–H groups in total. The van der Waals surface area contributed by atoms with E-state index in [1.165, 1.54) is 0 Å². The van der Waals surface area contributed by atoms with Crippen molar-refractivity contribution in [1.82, 2.24) is 0 Å². The summed E-state index contributed by atoms with van der Waals surface area (Å²) in [6.45, 7) is 3.82. The lowest BCUT2D eigenvalue weighted by atomic mass is 10.0. The third-order valence-corrected chi connectivity index (χ3v) is 4.93. The summed E-state index contributed by atoms with van der Waals surface area (Å²) in [5.74, 6) is 0.0875. The van der Waals surface area contributed by atoms with Gasteiger partial charge in [0.1, 0.15) is 5.78 Å². The van der Waals surface area contributed by atoms with Gasteiger partial charge in [-0.1, -0.05) is 62.4 Å². The number of hydrogen-bond acceptors (Lipinski definition) is 3. The molecule has 0 aromatic heterocycles. The molecule has 3 aromatic carbocycles. The zero-order chi connectivity index (χ0) is 20.8. The van der Waals surface area contributed by atoms with Gasteiger partial charge in [-0.2, -0.15) is 0 Å². The van der Waals surface area contributed by atoms with E-state index in [0.717, 1.165) is 16.7 Å². The first kappa shape index (κ1) is 20.3. The van der Waals surface area contributed by atoms with E-state index in [-0.39, 0.29) is 17.6 Å². The Hall–Kier alpha value is -3.40. The van der Waals surface area contributed by atoms with Crippen molar-refractivity contribution in [3.63, 3.8) is 0 Å². The monoisotopic (exact) mass is 386 g/mol. The minimum absolute atomic E-state index is 0.0529. The van der Waals surface area contributed by atoms with Crippen LogP contribution in [0.5, 0.6) is 0 Å². The smallest absolute Gasteiger partial charge is 0.255 e. The van der Waals surface area contributed by atoms with Crippen LogP contribution in [0.3, 0.4) is 0 Å². The standard InChI is InChI=1S/C25H26N2O2/c1-17(2)24(28)15-10-18-8-11-20(12-9-18)25(29)27-23-16-21(13-14-22(23)26)19-6-4-3-5-7-19/h3-9,11-14,16-17H,10,15,26H2,1-2H3,(H,27,29). The van der Waals surface area contributed by atoms with Crippen LogP contribution in [0.25, 0.3) is 11.1 Å². The Kier molecular flexibility index (Phi) is 6.45. The average Bonchev–Trinajstić information content (AvgIpc) is 2.74. The van der Waals surface area contributed by atoms with Gasteiger partial charge in [0.05, 0.1) is 11.4 Å². The van der Waals surface area contributed by atoms with Gasteiger partial charge >= 0.3 is 0 Å². The fraction of sp³-hybridized carbons (Fsp3) is 0.200. The molecule has 0 radical (unpaired) electrons. The number of nitrogen functional groups attached to an aromatic ring is 1. The number of benzene rings is 3. The minimum atomic E-state index is -0.216. The number of rotatable bonds is 7. The lowest BCUT2D eigenvalue weighted by Crippen LogP contribution is -2.13. The van der Waals surface area contributed by atoms with E-state index in [0.29, 0.717) is 29.8 Å². The SMILES string of the molecule is CC(C)C(=O)CCc1ccc(C(=O)Nc2cc(-c3ccccc3)ccc2N)cc1. The molecule has 0 atom stereocenters. The summed E-state index contributed by atoms with van der Waals surface area (Å²) in [4.78, 5) is 24.4. The van der Waals surface area contributed by atoms with Gasteiger partial charge in [-0.3, -0.25) is 9.59 Å². The first-order valence-corrected chi connectivity index (χ1v) is 9.82. The van der Waals surface area contributed by atoms with Crippen molar-refractivity contribution in [2.75, 3.05) is 11.1 Å². The first-order valence-electron chi connectivity index (χ1n) is 9.82. The zero-order valence-electron chi connectivity index (χ0n) is 16.8. The number of hydrogen-bond donors (Lipinski definition) is 2. The molecule has 3 rings (SSSR count). The quantitative estimate of drug-likeness (QED) is 0.538. The third kappa shape index (κ3) is 5.32. The molecular formula is C25H26N2O2. The van der Waals surface area contributed by atoms with Gasteiger partial charge in [0.15, 0.2) is 0 Å². The molecule has 4 heteroatoms. The zero-order valence-corrected chi connectivity index (χ0v) is 16.8. The summed E-state index contributed by atoms with van der Waals surface area (Å²) < 4.78 is 0. The topological polar surface area (TPSA) is 72.2 Å². The molecule has 0 unspecified atom stereocenters. The first-order chi connectivity index (χ1) is 13.9. The molecule has 0 saturated heterocycles. The fourth-order valence-electron chi connectivity index (χ4n) is 3.05. The largest absolute Gasteiger partial charge is 0.397 e. The highest BCUT2D eigenvalue weighted by Gasteiger charge is 2.11. The van der Waals surface area contributed by atoms with Gasteiger partial charge in [-0.15, -0.1) is 0 Å². The molecule has 148 valence electrons. The van der Waals surface area contributed by atoms with Crippen molar-refractivity contribution in [1.29, 1.82) is 0 Å². The minimum Gasteiger partial charge on any atom is -0.397 e. The molecule has 0 heterocycles. The third-order valence-electron chi connectivity index (χ3n) is 4.93. The van der Waals surface area contributed by atoms with E-state index in [4.69, 9.17) is 5.73 Å². The summed E-state index contributed by atoms with van der Waals surface area (Å²) in [6.07, 6.45) is 1.21. The number of amides is 1. The van der Waals surface area contributed by atoms with Crippen LogP contribution in [-0.2, 0) is 11.2 Å². The molecule has 0 aliphatic carbocycles. The number of nitrogens with two attached hydrogens (primary N) is 1. The lowest BCUT2D eigenvalue weighted by molar-refractivity contribution is -0.121. The molecule has 0 saturated carbocycles. The predicted octanol–water partition coefficient (Wildman–Crippen LogP) is 5.35. The Morgan fingerprint density at radius 3 is 2.24 bits per heavy atom. The van der Waals surface area contributed by atoms with E-state index in [1.54, 1.807) is 18.2 Å². The maximum Gasteiger partial charge on any atom is 0.255 e. The normalized spacial score (nSPS) is 10.7. The Morgan fingerprint density at radius 2 is 1.59 bits per heavy atom. The van der Waals surface area contributed by atoms with E-state index in [2.05, 4.69) is 5.32 Å². The van der Waals surface area contributed by atoms with Gasteiger partial charge in [0, 0.05) is 17.9 Å². The van der Waals surface area contributed by atoms with Crippen LogP contribution in [0.15, 0.2) is 72.8 Å². The summed E-state index contributed by atoms with van der Waals surface area (Å²) in [5.41, 5.74) is 10.8. The van der Waals surface area contributed by atoms with Crippen molar-refractivity contribution < 1.29 is 9.59 Å². The maximum atomic E-state index is 12.7. The molecule has 0 aliphatic heterocycles. The van der Waals surface area contributed by atoms with Crippen molar-refractivity contribution in [2.24, 2.45) is 5.92 Å². The Balaban J connectivity index is 1.69. The summed E-state index contributed by atoms with van der Waals surface area (Å²) in [5, 5.41) is 2.90. The number of nitrogens with one attached hydrogen (secondary N) is 1. The highest BCUT2D eigenvalue weighted by atomic mass is 16.1. The van der Waals surface area contributed by atoms with Gasteiger partial charge in [-0.05, 0) is 47.4 Å². The van der Waals surface area contributed by atoms with E-state index in [9.17, 15) is 9.59 Å². The number of carbonyl (C=O) groups excluding carboxylic acids is 2. The number of aryl methyl sites for hydroxylation is 1. The lowest BCUT2D eigenvalue weighted by Gasteiger charge is -2.11. The van der Waals surface area contributed by atoms with E-state index < -0.39 is 0 Å². The summed E-state index contributed by atoms with van der Waals surface area (Å²) >= 11 is 0. The molecule has 4 nitrogen and oxygen atoms in total. The van der Waals surface area contributed by atoms with Crippen LogP contribution in [0.2, 0.25) is 0 Å². The number of ketones is 1. The molecule has 0 spiro atoms. The Morgan fingerprint density at radius 1 is 0.897 bits per heavy atom. The summed E-state index contributed by atoms with van der Waals surface area (Å²) in [6, 6.07) is 22.9. The second-order valence-corrected chi connectivity index (χ2v) is 7.44. The Bertz CT molecular complexity index is 993. The van der Waals surface area contributed by atoms with E-state index in [1.807, 2.05) is 68.4 Å². The van der Waals surface area contributed by atoms with Crippen molar-refractivity contribution in [3.05, 3.63) is 83.9 Å². The van der Waals surface area contributed by atoms with Gasteiger partial charge in [0.25, 0.3) is 5.91 Å². The van der Waals surface area contributed by atoms with Crippen LogP contribution >= 0.6 is 0 Å². The molecule has 1 amide bonds. The molecule has 0 aliphatic rings. The summed E-state index contributed by atoms with van der Waals surface area (Å²) in [7, 11) is 0. The number of anilines is 2. The van der Waals surface area contributed by atoms with Crippen molar-refractivity contribution >= 4 is 23.1 Å². The molecule has 0 bridgehead atoms. The maximum absolute atomic E-state index is 12.7. The van der Waals surface area contributed by atoms with Crippen molar-refractivity contribution in [3.8, 4) is 11.1 Å².